The molecule has 0 rings (SSSR count). The van der Waals surface area contributed by atoms with E-state index in [1.54, 1.807) is 0 Å². The van der Waals surface area contributed by atoms with E-state index < -0.39 is 0 Å². The van der Waals surface area contributed by atoms with Crippen LogP contribution in [0.1, 0.15) is 77.6 Å². The number of carbonyl (C=O) groups excluding carboxylic acids is 1. The summed E-state index contributed by atoms with van der Waals surface area (Å²) >= 11 is 1.89. The summed E-state index contributed by atoms with van der Waals surface area (Å²) in [6, 6.07) is 0. The second-order valence-corrected chi connectivity index (χ2v) is 5.91. The Labute approximate surface area is 112 Å². The first-order valence-corrected chi connectivity index (χ1v) is 8.50. The SMILES string of the molecule is CCCCCCCCCCCCSCC[C]=O. The molecule has 0 saturated carbocycles. The smallest absolute Gasteiger partial charge is 0.199 e. The lowest BCUT2D eigenvalue weighted by molar-refractivity contribution is 0.554. The molecule has 0 aromatic carbocycles. The van der Waals surface area contributed by atoms with Crippen LogP contribution in [-0.4, -0.2) is 17.8 Å². The summed E-state index contributed by atoms with van der Waals surface area (Å²) in [5.74, 6) is 2.18. The molecule has 0 N–H and O–H groups in total. The van der Waals surface area contributed by atoms with Gasteiger partial charge in [-0.15, -0.1) is 0 Å². The maximum absolute atomic E-state index is 9.97. The molecule has 0 heterocycles. The van der Waals surface area contributed by atoms with E-state index in [9.17, 15) is 4.79 Å². The molecule has 0 unspecified atom stereocenters. The molecule has 101 valence electrons. The lowest BCUT2D eigenvalue weighted by Gasteiger charge is -2.02. The molecular weight excluding hydrogens is 228 g/mol. The van der Waals surface area contributed by atoms with Gasteiger partial charge in [-0.1, -0.05) is 64.7 Å². The minimum atomic E-state index is 0.600. The molecule has 0 aromatic heterocycles. The Balaban J connectivity index is 2.87. The summed E-state index contributed by atoms with van der Waals surface area (Å²) in [6.07, 6.45) is 16.5. The number of hydrogen-bond donors (Lipinski definition) is 0. The zero-order valence-corrected chi connectivity index (χ0v) is 12.3. The normalized spacial score (nSPS) is 10.6. The fourth-order valence-corrected chi connectivity index (χ4v) is 2.75. The Morgan fingerprint density at radius 2 is 1.29 bits per heavy atom. The Bertz CT molecular complexity index is 148. The first-order chi connectivity index (χ1) is 8.41. The van der Waals surface area contributed by atoms with Crippen molar-refractivity contribution in [3.8, 4) is 0 Å². The van der Waals surface area contributed by atoms with Crippen molar-refractivity contribution in [1.82, 2.24) is 0 Å². The van der Waals surface area contributed by atoms with Gasteiger partial charge in [-0.25, -0.2) is 0 Å². The molecule has 0 aliphatic rings. The maximum atomic E-state index is 9.97. The summed E-state index contributed by atoms with van der Waals surface area (Å²) in [4.78, 5) is 9.97. The zero-order valence-electron chi connectivity index (χ0n) is 11.5. The highest BCUT2D eigenvalue weighted by Gasteiger charge is 1.93. The fourth-order valence-electron chi connectivity index (χ4n) is 1.91. The van der Waals surface area contributed by atoms with Crippen molar-refractivity contribution in [3.05, 3.63) is 0 Å². The van der Waals surface area contributed by atoms with Gasteiger partial charge in [-0.05, 0) is 12.2 Å². The predicted molar refractivity (Wildman–Crippen MR) is 79.5 cm³/mol. The molecule has 0 fully saturated rings. The molecule has 0 spiro atoms. The summed E-state index contributed by atoms with van der Waals surface area (Å²) in [5, 5.41) is 0. The van der Waals surface area contributed by atoms with Gasteiger partial charge >= 0.3 is 0 Å². The van der Waals surface area contributed by atoms with Crippen molar-refractivity contribution >= 4 is 18.0 Å². The highest BCUT2D eigenvalue weighted by Crippen LogP contribution is 2.12. The van der Waals surface area contributed by atoms with Crippen molar-refractivity contribution in [3.63, 3.8) is 0 Å². The van der Waals surface area contributed by atoms with Crippen molar-refractivity contribution in [2.75, 3.05) is 11.5 Å². The minimum absolute atomic E-state index is 0.600. The minimum Gasteiger partial charge on any atom is -0.291 e. The van der Waals surface area contributed by atoms with Crippen LogP contribution in [0.5, 0.6) is 0 Å². The third-order valence-corrected chi connectivity index (χ3v) is 4.06. The topological polar surface area (TPSA) is 17.1 Å². The van der Waals surface area contributed by atoms with E-state index in [-0.39, 0.29) is 0 Å². The van der Waals surface area contributed by atoms with E-state index in [0.29, 0.717) is 6.42 Å². The van der Waals surface area contributed by atoms with Gasteiger partial charge in [0.1, 0.15) is 0 Å². The Kier molecular flexibility index (Phi) is 16.0. The average Bonchev–Trinajstić information content (AvgIpc) is 2.35. The highest BCUT2D eigenvalue weighted by molar-refractivity contribution is 7.99. The predicted octanol–water partition coefficient (Wildman–Crippen LogP) is 5.14. The van der Waals surface area contributed by atoms with Crippen LogP contribution in [0.25, 0.3) is 0 Å². The number of unbranched alkanes of at least 4 members (excludes halogenated alkanes) is 9. The van der Waals surface area contributed by atoms with E-state index in [1.165, 1.54) is 70.0 Å². The van der Waals surface area contributed by atoms with Crippen molar-refractivity contribution < 1.29 is 4.79 Å². The lowest BCUT2D eigenvalue weighted by atomic mass is 10.1. The molecule has 2 heteroatoms. The van der Waals surface area contributed by atoms with Crippen molar-refractivity contribution in [2.24, 2.45) is 0 Å². The van der Waals surface area contributed by atoms with Crippen LogP contribution >= 0.6 is 11.8 Å². The molecule has 0 bridgehead atoms. The molecule has 0 atom stereocenters. The van der Waals surface area contributed by atoms with E-state index in [2.05, 4.69) is 6.92 Å². The first-order valence-electron chi connectivity index (χ1n) is 7.34. The van der Waals surface area contributed by atoms with Gasteiger partial charge in [0.2, 0.25) is 0 Å². The van der Waals surface area contributed by atoms with E-state index >= 15 is 0 Å². The molecule has 1 nitrogen and oxygen atoms in total. The summed E-state index contributed by atoms with van der Waals surface area (Å²) in [7, 11) is 0. The third kappa shape index (κ3) is 16.0. The first kappa shape index (κ1) is 17.0. The second-order valence-electron chi connectivity index (χ2n) is 4.69. The van der Waals surface area contributed by atoms with Crippen LogP contribution in [0.15, 0.2) is 0 Å². The van der Waals surface area contributed by atoms with Crippen LogP contribution in [0.4, 0.5) is 0 Å². The molecule has 1 radical (unpaired) electrons. The van der Waals surface area contributed by atoms with Crippen LogP contribution in [0, 0.1) is 0 Å². The van der Waals surface area contributed by atoms with E-state index in [4.69, 9.17) is 0 Å². The van der Waals surface area contributed by atoms with Gasteiger partial charge < -0.3 is 0 Å². The quantitative estimate of drug-likeness (QED) is 0.401. The molecule has 0 amide bonds. The van der Waals surface area contributed by atoms with Crippen molar-refractivity contribution in [2.45, 2.75) is 77.6 Å². The van der Waals surface area contributed by atoms with Crippen LogP contribution in [0.2, 0.25) is 0 Å². The van der Waals surface area contributed by atoms with Gasteiger partial charge in [0.25, 0.3) is 0 Å². The van der Waals surface area contributed by atoms with Crippen LogP contribution in [0.3, 0.4) is 0 Å². The zero-order chi connectivity index (χ0) is 12.6. The number of hydrogen-bond acceptors (Lipinski definition) is 2. The van der Waals surface area contributed by atoms with Crippen LogP contribution < -0.4 is 0 Å². The van der Waals surface area contributed by atoms with Gasteiger partial charge in [0, 0.05) is 12.2 Å². The molecule has 0 aliphatic heterocycles. The monoisotopic (exact) mass is 257 g/mol. The van der Waals surface area contributed by atoms with Gasteiger partial charge in [-0.2, -0.15) is 11.8 Å². The summed E-state index contributed by atoms with van der Waals surface area (Å²) < 4.78 is 0. The molecule has 17 heavy (non-hydrogen) atoms. The molecule has 0 aliphatic carbocycles. The maximum Gasteiger partial charge on any atom is 0.199 e. The molecule has 0 saturated heterocycles. The van der Waals surface area contributed by atoms with Crippen LogP contribution in [-0.2, 0) is 4.79 Å². The third-order valence-electron chi connectivity index (χ3n) is 2.99. The number of rotatable bonds is 14. The van der Waals surface area contributed by atoms with E-state index in [1.807, 2.05) is 18.0 Å². The Morgan fingerprint density at radius 3 is 1.82 bits per heavy atom. The largest absolute Gasteiger partial charge is 0.291 e. The fraction of sp³-hybridized carbons (Fsp3) is 0.933. The molecular formula is C15H29OS. The summed E-state index contributed by atoms with van der Waals surface area (Å²) in [6.45, 7) is 2.27. The van der Waals surface area contributed by atoms with Crippen molar-refractivity contribution in [1.29, 1.82) is 0 Å². The second kappa shape index (κ2) is 16.0. The summed E-state index contributed by atoms with van der Waals surface area (Å²) in [5.41, 5.74) is 0. The Morgan fingerprint density at radius 1 is 0.765 bits per heavy atom. The standard InChI is InChI=1S/C15H29OS/c1-2-3-4-5-6-7-8-9-10-11-14-17-15-12-13-16/h2-12,14-15H2,1H3. The number of thioether (sulfide) groups is 1. The van der Waals surface area contributed by atoms with E-state index in [0.717, 1.165) is 5.75 Å². The lowest BCUT2D eigenvalue weighted by Crippen LogP contribution is -1.86. The highest BCUT2D eigenvalue weighted by atomic mass is 32.2. The Hall–Kier alpha value is 0.0200. The van der Waals surface area contributed by atoms with Gasteiger partial charge in [0.05, 0.1) is 0 Å². The van der Waals surface area contributed by atoms with Gasteiger partial charge in [0.15, 0.2) is 6.29 Å². The van der Waals surface area contributed by atoms with Gasteiger partial charge in [-0.3, -0.25) is 4.79 Å². The molecule has 0 aromatic rings. The average molecular weight is 257 g/mol.